The summed E-state index contributed by atoms with van der Waals surface area (Å²) in [5.74, 6) is 0. The largest absolute Gasteiger partial charge is 0.399 e. The Morgan fingerprint density at radius 1 is 1.14 bits per heavy atom. The normalized spacial score (nSPS) is 24.6. The highest BCUT2D eigenvalue weighted by molar-refractivity contribution is 6.01. The highest BCUT2D eigenvalue weighted by Crippen LogP contribution is 2.36. The van der Waals surface area contributed by atoms with E-state index in [-0.39, 0.29) is 0 Å². The fourth-order valence-corrected chi connectivity index (χ4v) is 3.87. The van der Waals surface area contributed by atoms with Crippen molar-refractivity contribution in [2.75, 3.05) is 20.2 Å². The molecule has 0 aromatic rings. The third-order valence-corrected chi connectivity index (χ3v) is 4.90. The van der Waals surface area contributed by atoms with Crippen LogP contribution in [0.2, 0.25) is 0 Å². The number of allylic oxidation sites excluding steroid dienone is 1. The maximum Gasteiger partial charge on any atom is 0.106 e. The predicted molar refractivity (Wildman–Crippen MR) is 89.7 cm³/mol. The predicted octanol–water partition coefficient (Wildman–Crippen LogP) is 4.53. The van der Waals surface area contributed by atoms with E-state index in [0.717, 1.165) is 12.5 Å². The highest BCUT2D eigenvalue weighted by Gasteiger charge is 2.29. The van der Waals surface area contributed by atoms with Crippen molar-refractivity contribution in [2.24, 2.45) is 5.16 Å². The second-order valence-electron chi connectivity index (χ2n) is 6.44. The van der Waals surface area contributed by atoms with Crippen molar-refractivity contribution in [3.63, 3.8) is 0 Å². The minimum absolute atomic E-state index is 0.761. The standard InChI is InChI=1S/C18H32N2O/c1-4-6-13-20(12-5-2)16-10-11-17-15(14-16)8-7-9-18(17)19-21-3/h16H,4-14H2,1-3H3. The molecule has 2 aliphatic rings. The Hall–Kier alpha value is -0.830. The lowest BCUT2D eigenvalue weighted by Gasteiger charge is -2.37. The van der Waals surface area contributed by atoms with Crippen molar-refractivity contribution in [1.29, 1.82) is 0 Å². The van der Waals surface area contributed by atoms with Gasteiger partial charge in [-0.05, 0) is 70.0 Å². The number of oxime groups is 1. The number of hydrogen-bond donors (Lipinski definition) is 0. The van der Waals surface area contributed by atoms with E-state index in [1.807, 2.05) is 0 Å². The second kappa shape index (κ2) is 8.57. The van der Waals surface area contributed by atoms with Crippen LogP contribution in [0, 0.1) is 0 Å². The molecule has 0 spiro atoms. The molecule has 0 aliphatic heterocycles. The summed E-state index contributed by atoms with van der Waals surface area (Å²) in [6.45, 7) is 7.12. The molecule has 0 fully saturated rings. The molecular formula is C18H32N2O. The van der Waals surface area contributed by atoms with E-state index in [9.17, 15) is 0 Å². The number of hydrogen-bond acceptors (Lipinski definition) is 3. The van der Waals surface area contributed by atoms with Gasteiger partial charge in [0.25, 0.3) is 0 Å². The Labute approximate surface area is 130 Å². The summed E-state index contributed by atoms with van der Waals surface area (Å²) in [6.07, 6.45) is 11.3. The number of unbranched alkanes of at least 4 members (excludes halogenated alkanes) is 1. The average Bonchev–Trinajstić information content (AvgIpc) is 2.51. The SMILES string of the molecule is CCCCN(CCC)C1CCC2=C(CCCC2=NOC)C1. The van der Waals surface area contributed by atoms with Gasteiger partial charge in [0.1, 0.15) is 7.11 Å². The molecule has 0 saturated heterocycles. The molecular weight excluding hydrogens is 260 g/mol. The van der Waals surface area contributed by atoms with E-state index in [0.29, 0.717) is 0 Å². The first-order chi connectivity index (χ1) is 10.3. The molecule has 2 aliphatic carbocycles. The summed E-state index contributed by atoms with van der Waals surface area (Å²) in [4.78, 5) is 7.78. The van der Waals surface area contributed by atoms with E-state index in [4.69, 9.17) is 4.84 Å². The molecule has 120 valence electrons. The van der Waals surface area contributed by atoms with Crippen molar-refractivity contribution in [1.82, 2.24) is 4.90 Å². The van der Waals surface area contributed by atoms with Gasteiger partial charge in [0, 0.05) is 6.04 Å². The monoisotopic (exact) mass is 292 g/mol. The van der Waals surface area contributed by atoms with Gasteiger partial charge in [0.05, 0.1) is 5.71 Å². The molecule has 3 heteroatoms. The lowest BCUT2D eigenvalue weighted by Crippen LogP contribution is -2.39. The molecule has 0 N–H and O–H groups in total. The van der Waals surface area contributed by atoms with Crippen molar-refractivity contribution < 1.29 is 4.84 Å². The van der Waals surface area contributed by atoms with Gasteiger partial charge in [0.2, 0.25) is 0 Å². The molecule has 1 atom stereocenters. The van der Waals surface area contributed by atoms with Crippen molar-refractivity contribution >= 4 is 5.71 Å². The van der Waals surface area contributed by atoms with Gasteiger partial charge in [-0.2, -0.15) is 0 Å². The first-order valence-corrected chi connectivity index (χ1v) is 8.85. The highest BCUT2D eigenvalue weighted by atomic mass is 16.6. The molecule has 0 radical (unpaired) electrons. The summed E-state index contributed by atoms with van der Waals surface area (Å²) in [7, 11) is 1.67. The summed E-state index contributed by atoms with van der Waals surface area (Å²) >= 11 is 0. The van der Waals surface area contributed by atoms with Crippen molar-refractivity contribution in [3.05, 3.63) is 11.1 Å². The van der Waals surface area contributed by atoms with Crippen LogP contribution < -0.4 is 0 Å². The lowest BCUT2D eigenvalue weighted by molar-refractivity contribution is 0.175. The van der Waals surface area contributed by atoms with Gasteiger partial charge in [-0.25, -0.2) is 0 Å². The van der Waals surface area contributed by atoms with E-state index in [2.05, 4.69) is 23.9 Å². The van der Waals surface area contributed by atoms with Gasteiger partial charge >= 0.3 is 0 Å². The minimum Gasteiger partial charge on any atom is -0.399 e. The molecule has 0 aromatic heterocycles. The van der Waals surface area contributed by atoms with Crippen LogP contribution >= 0.6 is 0 Å². The summed E-state index contributed by atoms with van der Waals surface area (Å²) in [6, 6.07) is 0.761. The van der Waals surface area contributed by atoms with Crippen molar-refractivity contribution in [2.45, 2.75) is 77.7 Å². The molecule has 21 heavy (non-hydrogen) atoms. The van der Waals surface area contributed by atoms with Crippen molar-refractivity contribution in [3.8, 4) is 0 Å². The summed E-state index contributed by atoms with van der Waals surface area (Å²) in [5.41, 5.74) is 4.44. The Morgan fingerprint density at radius 2 is 2.00 bits per heavy atom. The fraction of sp³-hybridized carbons (Fsp3) is 0.833. The van der Waals surface area contributed by atoms with Gasteiger partial charge < -0.3 is 9.74 Å². The minimum atomic E-state index is 0.761. The van der Waals surface area contributed by atoms with E-state index < -0.39 is 0 Å². The van der Waals surface area contributed by atoms with Crippen LogP contribution in [-0.4, -0.2) is 36.9 Å². The van der Waals surface area contributed by atoms with Gasteiger partial charge in [-0.1, -0.05) is 31.0 Å². The Bertz CT molecular complexity index is 387. The molecule has 2 rings (SSSR count). The maximum absolute atomic E-state index is 5.04. The number of nitrogens with zero attached hydrogens (tertiary/aromatic N) is 2. The maximum atomic E-state index is 5.04. The van der Waals surface area contributed by atoms with Gasteiger partial charge in [-0.3, -0.25) is 0 Å². The molecule has 0 bridgehead atoms. The zero-order chi connectivity index (χ0) is 15.1. The molecule has 1 unspecified atom stereocenters. The second-order valence-corrected chi connectivity index (χ2v) is 6.44. The van der Waals surface area contributed by atoms with Crippen LogP contribution in [-0.2, 0) is 4.84 Å². The van der Waals surface area contributed by atoms with Crippen LogP contribution in [0.1, 0.15) is 71.6 Å². The van der Waals surface area contributed by atoms with E-state index in [1.165, 1.54) is 75.7 Å². The number of rotatable bonds is 7. The van der Waals surface area contributed by atoms with Crippen LogP contribution in [0.25, 0.3) is 0 Å². The molecule has 0 aromatic carbocycles. The molecule has 0 saturated carbocycles. The quantitative estimate of drug-likeness (QED) is 0.644. The fourth-order valence-electron chi connectivity index (χ4n) is 3.87. The topological polar surface area (TPSA) is 24.8 Å². The van der Waals surface area contributed by atoms with Crippen LogP contribution in [0.3, 0.4) is 0 Å². The van der Waals surface area contributed by atoms with Gasteiger partial charge in [-0.15, -0.1) is 0 Å². The third-order valence-electron chi connectivity index (χ3n) is 4.90. The average molecular weight is 292 g/mol. The Morgan fingerprint density at radius 3 is 2.71 bits per heavy atom. The molecule has 3 nitrogen and oxygen atoms in total. The first kappa shape index (κ1) is 16.5. The van der Waals surface area contributed by atoms with E-state index in [1.54, 1.807) is 12.7 Å². The van der Waals surface area contributed by atoms with Crippen LogP contribution in [0.5, 0.6) is 0 Å². The van der Waals surface area contributed by atoms with E-state index >= 15 is 0 Å². The summed E-state index contributed by atoms with van der Waals surface area (Å²) < 4.78 is 0. The first-order valence-electron chi connectivity index (χ1n) is 8.85. The Balaban J connectivity index is 2.05. The Kier molecular flexibility index (Phi) is 6.75. The van der Waals surface area contributed by atoms with Gasteiger partial charge in [0.15, 0.2) is 0 Å². The molecule has 0 heterocycles. The van der Waals surface area contributed by atoms with Crippen LogP contribution in [0.15, 0.2) is 16.3 Å². The smallest absolute Gasteiger partial charge is 0.106 e. The van der Waals surface area contributed by atoms with Crippen LogP contribution in [0.4, 0.5) is 0 Å². The molecule has 0 amide bonds. The zero-order valence-corrected chi connectivity index (χ0v) is 14.2. The zero-order valence-electron chi connectivity index (χ0n) is 14.2. The lowest BCUT2D eigenvalue weighted by atomic mass is 9.78. The third kappa shape index (κ3) is 4.32. The summed E-state index contributed by atoms with van der Waals surface area (Å²) in [5, 5.41) is 4.27.